The van der Waals surface area contributed by atoms with E-state index in [2.05, 4.69) is 10.0 Å². The lowest BCUT2D eigenvalue weighted by Crippen LogP contribution is -2.28. The molecule has 0 spiro atoms. The Kier molecular flexibility index (Phi) is 8.10. The lowest BCUT2D eigenvalue weighted by Gasteiger charge is -2.13. The summed E-state index contributed by atoms with van der Waals surface area (Å²) in [5.41, 5.74) is 0.762. The maximum absolute atomic E-state index is 12.7. The van der Waals surface area contributed by atoms with Gasteiger partial charge in [-0.3, -0.25) is 9.52 Å². The van der Waals surface area contributed by atoms with E-state index in [1.807, 2.05) is 12.1 Å². The Morgan fingerprint density at radius 3 is 2.24 bits per heavy atom. The third-order valence-electron chi connectivity index (χ3n) is 4.76. The number of carbonyl (C=O) groups is 2. The molecular weight excluding hydrogens is 460 g/mol. The number of sulfonamides is 1. The zero-order valence-corrected chi connectivity index (χ0v) is 19.4. The van der Waals surface area contributed by atoms with Crippen molar-refractivity contribution in [3.63, 3.8) is 0 Å². The van der Waals surface area contributed by atoms with Gasteiger partial charge in [-0.05, 0) is 42.5 Å². The Morgan fingerprint density at radius 1 is 0.853 bits per heavy atom. The molecule has 10 heteroatoms. The average Bonchev–Trinajstić information content (AvgIpc) is 2.86. The summed E-state index contributed by atoms with van der Waals surface area (Å²) in [5.74, 6) is -0.235. The van der Waals surface area contributed by atoms with Crippen molar-refractivity contribution in [2.45, 2.75) is 11.4 Å². The fraction of sp³-hybridized carbons (Fsp3) is 0.167. The number of para-hydroxylation sites is 2. The summed E-state index contributed by atoms with van der Waals surface area (Å²) >= 11 is 0. The number of hydrogen-bond acceptors (Lipinski definition) is 7. The first kappa shape index (κ1) is 24.6. The zero-order chi connectivity index (χ0) is 24.6. The smallest absolute Gasteiger partial charge is 0.340 e. The number of benzene rings is 3. The van der Waals surface area contributed by atoms with Crippen LogP contribution in [0.4, 0.5) is 5.69 Å². The molecule has 3 rings (SSSR count). The van der Waals surface area contributed by atoms with Crippen molar-refractivity contribution in [3.05, 3.63) is 83.9 Å². The minimum absolute atomic E-state index is 0.00723. The average molecular weight is 485 g/mol. The lowest BCUT2D eigenvalue weighted by molar-refractivity contribution is -0.124. The summed E-state index contributed by atoms with van der Waals surface area (Å²) in [5, 5.41) is 2.65. The van der Waals surface area contributed by atoms with Gasteiger partial charge in [0.25, 0.3) is 15.9 Å². The highest BCUT2D eigenvalue weighted by atomic mass is 32.2. The van der Waals surface area contributed by atoms with Gasteiger partial charge in [0.15, 0.2) is 6.61 Å². The van der Waals surface area contributed by atoms with Crippen molar-refractivity contribution < 1.29 is 32.2 Å². The number of anilines is 1. The third-order valence-corrected chi connectivity index (χ3v) is 6.15. The molecule has 3 aromatic rings. The van der Waals surface area contributed by atoms with Crippen LogP contribution >= 0.6 is 0 Å². The molecule has 0 saturated carbocycles. The van der Waals surface area contributed by atoms with E-state index in [4.69, 9.17) is 14.2 Å². The number of nitrogens with one attached hydrogen (secondary N) is 2. The summed E-state index contributed by atoms with van der Waals surface area (Å²) in [6.45, 7) is -0.341. The summed E-state index contributed by atoms with van der Waals surface area (Å²) in [7, 11) is -0.971. The maximum atomic E-state index is 12.7. The summed E-state index contributed by atoms with van der Waals surface area (Å²) in [6.07, 6.45) is 0. The predicted octanol–water partition coefficient (Wildman–Crippen LogP) is 2.98. The van der Waals surface area contributed by atoms with Gasteiger partial charge in [-0.15, -0.1) is 0 Å². The fourth-order valence-corrected chi connectivity index (χ4v) is 4.09. The Hall–Kier alpha value is -4.05. The van der Waals surface area contributed by atoms with Crippen LogP contribution < -0.4 is 19.5 Å². The zero-order valence-electron chi connectivity index (χ0n) is 18.6. The molecule has 0 aromatic heterocycles. The van der Waals surface area contributed by atoms with Crippen molar-refractivity contribution in [1.82, 2.24) is 5.32 Å². The predicted molar refractivity (Wildman–Crippen MR) is 125 cm³/mol. The van der Waals surface area contributed by atoms with Gasteiger partial charge in [0.05, 0.1) is 30.4 Å². The van der Waals surface area contributed by atoms with Crippen molar-refractivity contribution in [2.24, 2.45) is 0 Å². The van der Waals surface area contributed by atoms with Gasteiger partial charge in [-0.2, -0.15) is 0 Å². The molecule has 0 aliphatic heterocycles. The van der Waals surface area contributed by atoms with Gasteiger partial charge in [0.2, 0.25) is 0 Å². The van der Waals surface area contributed by atoms with Gasteiger partial charge in [-0.1, -0.05) is 30.3 Å². The highest BCUT2D eigenvalue weighted by Gasteiger charge is 2.20. The molecule has 0 heterocycles. The van der Waals surface area contributed by atoms with Crippen LogP contribution in [0.3, 0.4) is 0 Å². The number of hydrogen-bond donors (Lipinski definition) is 2. The van der Waals surface area contributed by atoms with Crippen LogP contribution in [0, 0.1) is 0 Å². The molecule has 3 aromatic carbocycles. The summed E-state index contributed by atoms with van der Waals surface area (Å²) in [4.78, 5) is 24.7. The number of esters is 1. The summed E-state index contributed by atoms with van der Waals surface area (Å²) < 4.78 is 43.2. The van der Waals surface area contributed by atoms with Gasteiger partial charge >= 0.3 is 5.97 Å². The second-order valence-electron chi connectivity index (χ2n) is 6.99. The Labute approximate surface area is 197 Å². The molecule has 0 atom stereocenters. The first-order valence-corrected chi connectivity index (χ1v) is 11.6. The topological polar surface area (TPSA) is 120 Å². The first-order valence-electron chi connectivity index (χ1n) is 10.2. The molecule has 0 aliphatic rings. The van der Waals surface area contributed by atoms with E-state index in [9.17, 15) is 18.0 Å². The van der Waals surface area contributed by atoms with Crippen LogP contribution in [0.15, 0.2) is 77.7 Å². The molecule has 1 amide bonds. The van der Waals surface area contributed by atoms with E-state index in [0.29, 0.717) is 11.5 Å². The SMILES string of the molecule is COc1ccc(S(=O)(=O)Nc2ccccc2C(=O)OCC(=O)NCc2ccccc2OC)cc1. The van der Waals surface area contributed by atoms with E-state index in [1.54, 1.807) is 24.3 Å². The molecule has 0 radical (unpaired) electrons. The standard InChI is InChI=1S/C24H24N2O7S/c1-31-18-11-13-19(14-12-18)34(29,30)26-21-9-5-4-8-20(21)24(28)33-16-23(27)25-15-17-7-3-6-10-22(17)32-2/h3-14,26H,15-16H2,1-2H3,(H,25,27). The quantitative estimate of drug-likeness (QED) is 0.425. The molecule has 0 unspecified atom stereocenters. The number of ether oxygens (including phenoxy) is 3. The van der Waals surface area contributed by atoms with Crippen molar-refractivity contribution in [3.8, 4) is 11.5 Å². The number of amides is 1. The number of carbonyl (C=O) groups excluding carboxylic acids is 2. The first-order chi connectivity index (χ1) is 16.3. The largest absolute Gasteiger partial charge is 0.497 e. The number of rotatable bonds is 10. The Bertz CT molecular complexity index is 1260. The van der Waals surface area contributed by atoms with Crippen molar-refractivity contribution in [2.75, 3.05) is 25.5 Å². The fourth-order valence-electron chi connectivity index (χ4n) is 3.01. The van der Waals surface area contributed by atoms with E-state index in [0.717, 1.165) is 5.56 Å². The molecule has 178 valence electrons. The third kappa shape index (κ3) is 6.26. The van der Waals surface area contributed by atoms with Crippen LogP contribution in [-0.4, -0.2) is 41.1 Å². The minimum atomic E-state index is -3.98. The lowest BCUT2D eigenvalue weighted by atomic mass is 10.2. The highest BCUT2D eigenvalue weighted by molar-refractivity contribution is 7.92. The Morgan fingerprint density at radius 2 is 1.53 bits per heavy atom. The minimum Gasteiger partial charge on any atom is -0.497 e. The van der Waals surface area contributed by atoms with Crippen molar-refractivity contribution >= 4 is 27.6 Å². The molecule has 0 fully saturated rings. The maximum Gasteiger partial charge on any atom is 0.340 e. The van der Waals surface area contributed by atoms with Crippen LogP contribution in [0.5, 0.6) is 11.5 Å². The Balaban J connectivity index is 1.63. The van der Waals surface area contributed by atoms with Crippen LogP contribution in [0.2, 0.25) is 0 Å². The van der Waals surface area contributed by atoms with Gasteiger partial charge in [0, 0.05) is 12.1 Å². The van der Waals surface area contributed by atoms with Gasteiger partial charge in [0.1, 0.15) is 11.5 Å². The van der Waals surface area contributed by atoms with E-state index in [1.165, 1.54) is 50.6 Å². The molecule has 9 nitrogen and oxygen atoms in total. The van der Waals surface area contributed by atoms with Crippen molar-refractivity contribution in [1.29, 1.82) is 0 Å². The molecule has 0 aliphatic carbocycles. The molecule has 2 N–H and O–H groups in total. The van der Waals surface area contributed by atoms with E-state index in [-0.39, 0.29) is 22.7 Å². The van der Waals surface area contributed by atoms with Crippen LogP contribution in [0.25, 0.3) is 0 Å². The molecule has 34 heavy (non-hydrogen) atoms. The van der Waals surface area contributed by atoms with Gasteiger partial charge < -0.3 is 19.5 Å². The normalized spacial score (nSPS) is 10.8. The highest BCUT2D eigenvalue weighted by Crippen LogP contribution is 2.22. The molecule has 0 bridgehead atoms. The second kappa shape index (κ2) is 11.2. The van der Waals surface area contributed by atoms with Gasteiger partial charge in [-0.25, -0.2) is 13.2 Å². The second-order valence-corrected chi connectivity index (χ2v) is 8.67. The van der Waals surface area contributed by atoms with E-state index < -0.39 is 28.5 Å². The van der Waals surface area contributed by atoms with Crippen LogP contribution in [-0.2, 0) is 26.1 Å². The number of methoxy groups -OCH3 is 2. The molecular formula is C24H24N2O7S. The van der Waals surface area contributed by atoms with E-state index >= 15 is 0 Å². The van der Waals surface area contributed by atoms with Crippen LogP contribution in [0.1, 0.15) is 15.9 Å². The summed E-state index contributed by atoms with van der Waals surface area (Å²) in [6, 6.07) is 19.0. The monoisotopic (exact) mass is 484 g/mol. The molecule has 0 saturated heterocycles.